The summed E-state index contributed by atoms with van der Waals surface area (Å²) in [4.78, 5) is 2.68. The lowest BCUT2D eigenvalue weighted by Crippen LogP contribution is -2.46. The van der Waals surface area contributed by atoms with E-state index in [9.17, 15) is 8.42 Å². The molecule has 1 N–H and O–H groups in total. The van der Waals surface area contributed by atoms with Crippen LogP contribution in [0.4, 0.5) is 0 Å². The number of hydrogen-bond donors (Lipinski definition) is 1. The monoisotopic (exact) mass is 412 g/mol. The highest BCUT2D eigenvalue weighted by Gasteiger charge is 2.24. The van der Waals surface area contributed by atoms with Gasteiger partial charge in [-0.05, 0) is 45.4 Å². The molecule has 1 saturated heterocycles. The number of piperidine rings is 1. The summed E-state index contributed by atoms with van der Waals surface area (Å²) in [6, 6.07) is 11.1. The molecule has 150 valence electrons. The van der Waals surface area contributed by atoms with E-state index in [0.717, 1.165) is 18.5 Å². The Morgan fingerprint density at radius 3 is 2.56 bits per heavy atom. The first-order valence-corrected chi connectivity index (χ1v) is 10.7. The molecule has 0 aromatic heterocycles. The Bertz CT molecular complexity index is 873. The number of rotatable bonds is 6. The smallest absolute Gasteiger partial charge is 0.241 e. The summed E-state index contributed by atoms with van der Waals surface area (Å²) in [5, 5.41) is 1.48. The zero-order valence-electron chi connectivity index (χ0n) is 16.1. The molecule has 0 spiro atoms. The number of nitrogens with zero attached hydrogens (tertiary/aromatic N) is 1. The van der Waals surface area contributed by atoms with Crippen LogP contribution < -0.4 is 9.46 Å². The topological polar surface area (TPSA) is 58.6 Å². The minimum absolute atomic E-state index is 0. The fraction of sp³-hybridized carbons (Fsp3) is 0.500. The third-order valence-corrected chi connectivity index (χ3v) is 6.81. The molecule has 1 aliphatic heterocycles. The molecule has 0 aliphatic carbocycles. The lowest BCUT2D eigenvalue weighted by molar-refractivity contribution is 0.151. The molecule has 0 amide bonds. The number of ether oxygens (including phenoxy) is 1. The van der Waals surface area contributed by atoms with Crippen molar-refractivity contribution in [2.45, 2.75) is 50.1 Å². The van der Waals surface area contributed by atoms with Crippen molar-refractivity contribution in [1.82, 2.24) is 9.62 Å². The first-order chi connectivity index (χ1) is 12.4. The maximum atomic E-state index is 13.0. The molecule has 7 heteroatoms. The molecule has 0 radical (unpaired) electrons. The summed E-state index contributed by atoms with van der Waals surface area (Å²) in [6.45, 7) is 5.93. The highest BCUT2D eigenvalue weighted by molar-refractivity contribution is 7.89. The standard InChI is InChI=1S/C20H28N2O3S.ClH/c1-15(14-22-13-7-6-8-16(22)2)21-26(23,24)20-12-11-19(25-3)17-9-4-5-10-18(17)20;/h4-5,9-12,15-16,21H,6-8,13-14H2,1-3H3;1H. The quantitative estimate of drug-likeness (QED) is 0.783. The lowest BCUT2D eigenvalue weighted by Gasteiger charge is -2.35. The van der Waals surface area contributed by atoms with Gasteiger partial charge >= 0.3 is 0 Å². The maximum absolute atomic E-state index is 13.0. The van der Waals surface area contributed by atoms with Crippen LogP contribution in [0, 0.1) is 0 Å². The Hall–Kier alpha value is -1.34. The van der Waals surface area contributed by atoms with Crippen LogP contribution in [-0.2, 0) is 10.0 Å². The molecule has 2 atom stereocenters. The van der Waals surface area contributed by atoms with Crippen molar-refractivity contribution in [3.8, 4) is 5.75 Å². The third-order valence-electron chi connectivity index (χ3n) is 5.16. The highest BCUT2D eigenvalue weighted by Crippen LogP contribution is 2.30. The number of methoxy groups -OCH3 is 1. The number of halogens is 1. The molecule has 2 aromatic carbocycles. The molecule has 3 rings (SSSR count). The number of nitrogens with one attached hydrogen (secondary N) is 1. The minimum atomic E-state index is -3.61. The van der Waals surface area contributed by atoms with Crippen molar-refractivity contribution in [1.29, 1.82) is 0 Å². The lowest BCUT2D eigenvalue weighted by atomic mass is 10.0. The van der Waals surface area contributed by atoms with Gasteiger partial charge in [-0.1, -0.05) is 30.7 Å². The summed E-state index contributed by atoms with van der Waals surface area (Å²) in [5.74, 6) is 0.676. The maximum Gasteiger partial charge on any atom is 0.241 e. The Kier molecular flexibility index (Phi) is 7.51. The normalized spacial score (nSPS) is 19.4. The van der Waals surface area contributed by atoms with Gasteiger partial charge in [0.1, 0.15) is 5.75 Å². The molecule has 0 bridgehead atoms. The zero-order chi connectivity index (χ0) is 18.7. The second kappa shape index (κ2) is 9.24. The van der Waals surface area contributed by atoms with Crippen LogP contribution in [0.3, 0.4) is 0 Å². The van der Waals surface area contributed by atoms with E-state index in [2.05, 4.69) is 16.5 Å². The molecule has 1 aliphatic rings. The molecule has 27 heavy (non-hydrogen) atoms. The first-order valence-electron chi connectivity index (χ1n) is 9.24. The van der Waals surface area contributed by atoms with Gasteiger partial charge in [0.05, 0.1) is 12.0 Å². The summed E-state index contributed by atoms with van der Waals surface area (Å²) >= 11 is 0. The molecule has 2 aromatic rings. The van der Waals surface area contributed by atoms with Crippen LogP contribution in [0.25, 0.3) is 10.8 Å². The zero-order valence-corrected chi connectivity index (χ0v) is 17.8. The second-order valence-corrected chi connectivity index (χ2v) is 8.86. The molecular formula is C20H29ClN2O3S. The summed E-state index contributed by atoms with van der Waals surface area (Å²) in [6.07, 6.45) is 3.63. The van der Waals surface area contributed by atoms with Gasteiger partial charge < -0.3 is 4.74 Å². The van der Waals surface area contributed by atoms with E-state index in [4.69, 9.17) is 4.74 Å². The number of fused-ring (bicyclic) bond motifs is 1. The van der Waals surface area contributed by atoms with Gasteiger partial charge in [-0.25, -0.2) is 13.1 Å². The van der Waals surface area contributed by atoms with E-state index in [0.29, 0.717) is 22.1 Å². The van der Waals surface area contributed by atoms with Gasteiger partial charge in [0.25, 0.3) is 0 Å². The Morgan fingerprint density at radius 2 is 1.89 bits per heavy atom. The fourth-order valence-corrected chi connectivity index (χ4v) is 5.25. The van der Waals surface area contributed by atoms with Crippen LogP contribution >= 0.6 is 12.4 Å². The van der Waals surface area contributed by atoms with E-state index in [1.54, 1.807) is 19.2 Å². The van der Waals surface area contributed by atoms with E-state index in [1.165, 1.54) is 19.3 Å². The minimum Gasteiger partial charge on any atom is -0.496 e. The predicted molar refractivity (Wildman–Crippen MR) is 112 cm³/mol. The van der Waals surface area contributed by atoms with Gasteiger partial charge in [-0.3, -0.25) is 4.90 Å². The Balaban J connectivity index is 0.00000261. The van der Waals surface area contributed by atoms with Gasteiger partial charge in [0.15, 0.2) is 0 Å². The molecule has 1 heterocycles. The predicted octanol–water partition coefficient (Wildman–Crippen LogP) is 3.81. The van der Waals surface area contributed by atoms with Gasteiger partial charge in [0, 0.05) is 29.4 Å². The third kappa shape index (κ3) is 4.93. The molecule has 1 fully saturated rings. The van der Waals surface area contributed by atoms with Crippen molar-refractivity contribution in [2.75, 3.05) is 20.2 Å². The van der Waals surface area contributed by atoms with Gasteiger partial charge in [0.2, 0.25) is 10.0 Å². The Morgan fingerprint density at radius 1 is 1.19 bits per heavy atom. The van der Waals surface area contributed by atoms with Crippen LogP contribution in [0.15, 0.2) is 41.3 Å². The van der Waals surface area contributed by atoms with Gasteiger partial charge in [-0.2, -0.15) is 0 Å². The van der Waals surface area contributed by atoms with Crippen molar-refractivity contribution < 1.29 is 13.2 Å². The van der Waals surface area contributed by atoms with Crippen molar-refractivity contribution in [2.24, 2.45) is 0 Å². The summed E-state index contributed by atoms with van der Waals surface area (Å²) in [5.41, 5.74) is 0. The molecular weight excluding hydrogens is 384 g/mol. The van der Waals surface area contributed by atoms with Crippen LogP contribution in [0.5, 0.6) is 5.75 Å². The molecule has 0 saturated carbocycles. The summed E-state index contributed by atoms with van der Waals surface area (Å²) in [7, 11) is -2.02. The average Bonchev–Trinajstić information content (AvgIpc) is 2.62. The van der Waals surface area contributed by atoms with E-state index < -0.39 is 10.0 Å². The van der Waals surface area contributed by atoms with Crippen molar-refractivity contribution in [3.63, 3.8) is 0 Å². The second-order valence-electron chi connectivity index (χ2n) is 7.17. The van der Waals surface area contributed by atoms with Crippen LogP contribution in [-0.4, -0.2) is 45.6 Å². The van der Waals surface area contributed by atoms with E-state index >= 15 is 0 Å². The van der Waals surface area contributed by atoms with Crippen LogP contribution in [0.2, 0.25) is 0 Å². The van der Waals surface area contributed by atoms with E-state index in [1.807, 2.05) is 31.2 Å². The highest BCUT2D eigenvalue weighted by atomic mass is 35.5. The fourth-order valence-electron chi connectivity index (χ4n) is 3.80. The summed E-state index contributed by atoms with van der Waals surface area (Å²) < 4.78 is 34.2. The average molecular weight is 413 g/mol. The molecule has 2 unspecified atom stereocenters. The van der Waals surface area contributed by atoms with Crippen molar-refractivity contribution >= 4 is 33.2 Å². The Labute approximate surface area is 168 Å². The van der Waals surface area contributed by atoms with Crippen LogP contribution in [0.1, 0.15) is 33.1 Å². The number of hydrogen-bond acceptors (Lipinski definition) is 4. The molecule has 5 nitrogen and oxygen atoms in total. The number of likely N-dealkylation sites (tertiary alicyclic amines) is 1. The first kappa shape index (κ1) is 22.0. The van der Waals surface area contributed by atoms with Gasteiger partial charge in [-0.15, -0.1) is 12.4 Å². The number of sulfonamides is 1. The van der Waals surface area contributed by atoms with Crippen molar-refractivity contribution in [3.05, 3.63) is 36.4 Å². The van der Waals surface area contributed by atoms with E-state index in [-0.39, 0.29) is 18.4 Å². The number of benzene rings is 2. The largest absolute Gasteiger partial charge is 0.496 e. The SMILES string of the molecule is COc1ccc(S(=O)(=O)NC(C)CN2CCCCC2C)c2ccccc12.Cl.